The third kappa shape index (κ3) is 3.90. The Morgan fingerprint density at radius 2 is 1.77 bits per heavy atom. The molecule has 0 aliphatic heterocycles. The van der Waals surface area contributed by atoms with Gasteiger partial charge in [0.1, 0.15) is 11.5 Å². The molecule has 0 saturated heterocycles. The van der Waals surface area contributed by atoms with Gasteiger partial charge in [0.15, 0.2) is 0 Å². The van der Waals surface area contributed by atoms with Gasteiger partial charge in [-0.05, 0) is 49.1 Å². The van der Waals surface area contributed by atoms with Crippen LogP contribution in [-0.4, -0.2) is 34.2 Å². The van der Waals surface area contributed by atoms with E-state index in [1.54, 1.807) is 20.3 Å². The zero-order valence-electron chi connectivity index (χ0n) is 17.4. The number of hydrogen-bond acceptors (Lipinski definition) is 7. The van der Waals surface area contributed by atoms with Crippen LogP contribution >= 0.6 is 11.8 Å². The summed E-state index contributed by atoms with van der Waals surface area (Å²) in [5.74, 6) is 2.46. The average molecular weight is 435 g/mol. The van der Waals surface area contributed by atoms with E-state index >= 15 is 0 Å². The second-order valence-electron chi connectivity index (χ2n) is 7.24. The number of thioether (sulfide) groups is 1. The normalized spacial score (nSPS) is 12.7. The summed E-state index contributed by atoms with van der Waals surface area (Å²) in [6.45, 7) is 0. The highest BCUT2D eigenvalue weighted by Gasteiger charge is 2.23. The average Bonchev–Trinajstić information content (AvgIpc) is 3.55. The molecular formula is C23H22N4O3S. The molecule has 2 heterocycles. The van der Waals surface area contributed by atoms with Gasteiger partial charge >= 0.3 is 0 Å². The highest BCUT2D eigenvalue weighted by Crippen LogP contribution is 2.33. The second-order valence-corrected chi connectivity index (χ2v) is 8.16. The molecule has 0 N–H and O–H groups in total. The maximum Gasteiger partial charge on any atom is 0.277 e. The lowest BCUT2D eigenvalue weighted by Gasteiger charge is -2.05. The van der Waals surface area contributed by atoms with Crippen LogP contribution in [0.5, 0.6) is 11.5 Å². The molecule has 4 aromatic rings. The number of methoxy groups -OCH3 is 2. The second kappa shape index (κ2) is 8.47. The first kappa shape index (κ1) is 19.7. The summed E-state index contributed by atoms with van der Waals surface area (Å²) in [7, 11) is 3.22. The van der Waals surface area contributed by atoms with Gasteiger partial charge in [0.05, 0.1) is 25.6 Å². The Kier molecular flexibility index (Phi) is 5.38. The first-order valence-electron chi connectivity index (χ1n) is 10.1. The molecule has 0 saturated carbocycles. The Balaban J connectivity index is 1.36. The zero-order valence-corrected chi connectivity index (χ0v) is 18.2. The molecule has 0 amide bonds. The third-order valence-electron chi connectivity index (χ3n) is 5.35. The van der Waals surface area contributed by atoms with Crippen LogP contribution in [0.4, 0.5) is 0 Å². The lowest BCUT2D eigenvalue weighted by atomic mass is 10.2. The van der Waals surface area contributed by atoms with Crippen molar-refractivity contribution in [3.8, 4) is 28.6 Å². The van der Waals surface area contributed by atoms with E-state index in [1.165, 1.54) is 29.4 Å². The largest absolute Gasteiger partial charge is 0.497 e. The molecule has 158 valence electrons. The monoisotopic (exact) mass is 434 g/mol. The fourth-order valence-corrected chi connectivity index (χ4v) is 4.59. The van der Waals surface area contributed by atoms with Crippen LogP contribution in [0.3, 0.4) is 0 Å². The minimum Gasteiger partial charge on any atom is -0.497 e. The number of nitrogens with zero attached hydrogens (tertiary/aromatic N) is 4. The number of benzene rings is 2. The Morgan fingerprint density at radius 1 is 1.00 bits per heavy atom. The van der Waals surface area contributed by atoms with Gasteiger partial charge in [0, 0.05) is 23.1 Å². The number of rotatable bonds is 7. The zero-order chi connectivity index (χ0) is 21.2. The van der Waals surface area contributed by atoms with Crippen molar-refractivity contribution >= 4 is 11.8 Å². The van der Waals surface area contributed by atoms with E-state index in [0.717, 1.165) is 29.8 Å². The topological polar surface area (TPSA) is 75.2 Å². The molecule has 2 aromatic carbocycles. The van der Waals surface area contributed by atoms with Crippen molar-refractivity contribution in [2.75, 3.05) is 14.2 Å². The predicted molar refractivity (Wildman–Crippen MR) is 118 cm³/mol. The van der Waals surface area contributed by atoms with Crippen molar-refractivity contribution in [1.29, 1.82) is 0 Å². The minimum atomic E-state index is 0.430. The van der Waals surface area contributed by atoms with Crippen molar-refractivity contribution in [3.05, 3.63) is 65.5 Å². The molecule has 0 radical (unpaired) electrons. The van der Waals surface area contributed by atoms with E-state index in [0.29, 0.717) is 28.4 Å². The van der Waals surface area contributed by atoms with E-state index < -0.39 is 0 Å². The fraction of sp³-hybridized carbons (Fsp3) is 0.261. The molecule has 1 aliphatic carbocycles. The summed E-state index contributed by atoms with van der Waals surface area (Å²) in [5, 5.41) is 13.8. The summed E-state index contributed by atoms with van der Waals surface area (Å²) >= 11 is 1.50. The molecule has 0 atom stereocenters. The van der Waals surface area contributed by atoms with E-state index in [-0.39, 0.29) is 0 Å². The first-order valence-corrected chi connectivity index (χ1v) is 11.1. The van der Waals surface area contributed by atoms with Crippen LogP contribution in [0.1, 0.15) is 23.4 Å². The number of ether oxygens (including phenoxy) is 2. The summed E-state index contributed by atoms with van der Waals surface area (Å²) < 4.78 is 18.6. The van der Waals surface area contributed by atoms with Crippen molar-refractivity contribution in [2.45, 2.75) is 30.2 Å². The molecule has 5 rings (SSSR count). The Morgan fingerprint density at radius 3 is 2.52 bits per heavy atom. The van der Waals surface area contributed by atoms with E-state index in [1.807, 2.05) is 30.3 Å². The van der Waals surface area contributed by atoms with Gasteiger partial charge in [0.2, 0.25) is 5.89 Å². The molecule has 7 nitrogen and oxygen atoms in total. The highest BCUT2D eigenvalue weighted by molar-refractivity contribution is 7.98. The molecule has 1 aliphatic rings. The molecule has 0 bridgehead atoms. The lowest BCUT2D eigenvalue weighted by Crippen LogP contribution is -2.01. The van der Waals surface area contributed by atoms with Crippen LogP contribution in [-0.2, 0) is 18.6 Å². The SMILES string of the molecule is COc1cc(OC)cc(-c2nnc(SCc3nn(-c4ccccc4)c4c3CCC4)o2)c1. The third-order valence-corrected chi connectivity index (χ3v) is 6.18. The summed E-state index contributed by atoms with van der Waals surface area (Å²) in [4.78, 5) is 0. The molecule has 0 fully saturated rings. The van der Waals surface area contributed by atoms with Gasteiger partial charge in [-0.2, -0.15) is 5.10 Å². The number of para-hydroxylation sites is 1. The van der Waals surface area contributed by atoms with E-state index in [2.05, 4.69) is 27.0 Å². The van der Waals surface area contributed by atoms with E-state index in [9.17, 15) is 0 Å². The van der Waals surface area contributed by atoms with Gasteiger partial charge < -0.3 is 13.9 Å². The maximum absolute atomic E-state index is 5.90. The lowest BCUT2D eigenvalue weighted by molar-refractivity contribution is 0.394. The summed E-state index contributed by atoms with van der Waals surface area (Å²) in [6.07, 6.45) is 3.29. The van der Waals surface area contributed by atoms with Crippen molar-refractivity contribution in [2.24, 2.45) is 0 Å². The maximum atomic E-state index is 5.90. The predicted octanol–water partition coefficient (Wildman–Crippen LogP) is 4.72. The first-order chi connectivity index (χ1) is 15.2. The Hall–Kier alpha value is -3.26. The van der Waals surface area contributed by atoms with Crippen LogP contribution in [0.15, 0.2) is 58.2 Å². The Bertz CT molecular complexity index is 1180. The van der Waals surface area contributed by atoms with Crippen molar-refractivity contribution < 1.29 is 13.9 Å². The molecule has 0 unspecified atom stereocenters. The fourth-order valence-electron chi connectivity index (χ4n) is 3.86. The molecule has 8 heteroatoms. The standard InChI is InChI=1S/C23H22N4O3S/c1-28-17-11-15(12-18(13-17)29-2)22-24-25-23(30-22)31-14-20-19-9-6-10-21(19)27(26-20)16-7-4-3-5-8-16/h3-5,7-8,11-13H,6,9-10,14H2,1-2H3. The van der Waals surface area contributed by atoms with Gasteiger partial charge in [-0.25, -0.2) is 4.68 Å². The van der Waals surface area contributed by atoms with Gasteiger partial charge in [-0.1, -0.05) is 30.0 Å². The molecular weight excluding hydrogens is 412 g/mol. The van der Waals surface area contributed by atoms with Crippen molar-refractivity contribution in [1.82, 2.24) is 20.0 Å². The van der Waals surface area contributed by atoms with Crippen LogP contribution < -0.4 is 9.47 Å². The number of aromatic nitrogens is 4. The molecule has 2 aromatic heterocycles. The summed E-state index contributed by atoms with van der Waals surface area (Å²) in [6, 6.07) is 15.8. The van der Waals surface area contributed by atoms with Crippen LogP contribution in [0.2, 0.25) is 0 Å². The smallest absolute Gasteiger partial charge is 0.277 e. The van der Waals surface area contributed by atoms with Gasteiger partial charge in [-0.15, -0.1) is 10.2 Å². The van der Waals surface area contributed by atoms with Crippen molar-refractivity contribution in [3.63, 3.8) is 0 Å². The van der Waals surface area contributed by atoms with E-state index in [4.69, 9.17) is 19.0 Å². The Labute approximate surface area is 184 Å². The van der Waals surface area contributed by atoms with Crippen LogP contribution in [0, 0.1) is 0 Å². The number of fused-ring (bicyclic) bond motifs is 1. The van der Waals surface area contributed by atoms with Gasteiger partial charge in [-0.3, -0.25) is 0 Å². The molecule has 0 spiro atoms. The quantitative estimate of drug-likeness (QED) is 0.390. The van der Waals surface area contributed by atoms with Crippen LogP contribution in [0.25, 0.3) is 17.1 Å². The number of hydrogen-bond donors (Lipinski definition) is 0. The van der Waals surface area contributed by atoms with Gasteiger partial charge in [0.25, 0.3) is 5.22 Å². The minimum absolute atomic E-state index is 0.430. The summed E-state index contributed by atoms with van der Waals surface area (Å²) in [5.41, 5.74) is 5.61. The molecule has 31 heavy (non-hydrogen) atoms. The highest BCUT2D eigenvalue weighted by atomic mass is 32.2.